The van der Waals surface area contributed by atoms with Crippen LogP contribution in [-0.4, -0.2) is 54.4 Å². The molecule has 0 saturated carbocycles. The van der Waals surface area contributed by atoms with Gasteiger partial charge in [0.1, 0.15) is 0 Å². The zero-order chi connectivity index (χ0) is 15.3. The van der Waals surface area contributed by atoms with Crippen LogP contribution in [-0.2, 0) is 6.42 Å². The van der Waals surface area contributed by atoms with Crippen LogP contribution < -0.4 is 11.0 Å². The predicted molar refractivity (Wildman–Crippen MR) is 94.9 cm³/mol. The van der Waals surface area contributed by atoms with Gasteiger partial charge >= 0.3 is 142 Å². The molecular formula is C16H19N2PSe2. The number of hydrogen-bond donors (Lipinski definition) is 1. The van der Waals surface area contributed by atoms with Gasteiger partial charge in [-0.05, 0) is 0 Å². The van der Waals surface area contributed by atoms with Gasteiger partial charge in [0.2, 0.25) is 0 Å². The molecule has 0 radical (unpaired) electrons. The van der Waals surface area contributed by atoms with Crippen LogP contribution in [0.4, 0.5) is 0 Å². The maximum absolute atomic E-state index is 6.42. The summed E-state index contributed by atoms with van der Waals surface area (Å²) in [5.74, 6) is 0. The van der Waals surface area contributed by atoms with Gasteiger partial charge in [-0.2, -0.15) is 0 Å². The third-order valence-corrected chi connectivity index (χ3v) is 10.3. The van der Waals surface area contributed by atoms with Gasteiger partial charge in [0.25, 0.3) is 0 Å². The van der Waals surface area contributed by atoms with Crippen molar-refractivity contribution in [3.63, 3.8) is 0 Å². The molecule has 0 saturated heterocycles. The second kappa shape index (κ2) is 7.58. The number of likely N-dealkylation sites (N-methyl/N-ethyl adjacent to an activating group) is 1. The van der Waals surface area contributed by atoms with Crippen LogP contribution in [0.5, 0.6) is 0 Å². The van der Waals surface area contributed by atoms with E-state index < -0.39 is 4.20 Å². The Labute approximate surface area is 142 Å². The van der Waals surface area contributed by atoms with Crippen LogP contribution in [0.25, 0.3) is 0 Å². The third-order valence-electron chi connectivity index (χ3n) is 3.37. The van der Waals surface area contributed by atoms with Gasteiger partial charge in [-0.1, -0.05) is 0 Å². The van der Waals surface area contributed by atoms with E-state index >= 15 is 0 Å². The Morgan fingerprint density at radius 1 is 1.10 bits per heavy atom. The Morgan fingerprint density at radius 3 is 2.19 bits per heavy atom. The molecule has 0 aliphatic heterocycles. The first-order valence-corrected chi connectivity index (χ1v) is 13.0. The van der Waals surface area contributed by atoms with Gasteiger partial charge in [0.15, 0.2) is 0 Å². The third kappa shape index (κ3) is 4.42. The average molecular weight is 428 g/mol. The van der Waals surface area contributed by atoms with E-state index in [1.807, 2.05) is 12.1 Å². The molecule has 2 N–H and O–H groups in total. The Bertz CT molecular complexity index is 669. The van der Waals surface area contributed by atoms with Crippen LogP contribution in [0.15, 0.2) is 60.7 Å². The number of benzene rings is 2. The van der Waals surface area contributed by atoms with E-state index in [0.29, 0.717) is 0 Å². The number of rotatable bonds is 5. The fourth-order valence-corrected chi connectivity index (χ4v) is 6.70. The molecule has 0 spiro atoms. The maximum atomic E-state index is 6.42. The Hall–Kier alpha value is -0.621. The molecule has 5 heteroatoms. The predicted octanol–water partition coefficient (Wildman–Crippen LogP) is 1.70. The van der Waals surface area contributed by atoms with Crippen LogP contribution >= 0.6 is 4.20 Å². The van der Waals surface area contributed by atoms with Crippen LogP contribution in [0, 0.1) is 0 Å². The van der Waals surface area contributed by atoms with E-state index in [0.717, 1.165) is 18.5 Å². The summed E-state index contributed by atoms with van der Waals surface area (Å²) in [7, 11) is 2.06. The van der Waals surface area contributed by atoms with E-state index in [1.54, 1.807) is 0 Å². The van der Waals surface area contributed by atoms with E-state index in [9.17, 15) is 0 Å². The van der Waals surface area contributed by atoms with E-state index in [1.165, 1.54) is 10.9 Å². The molecule has 0 aromatic heterocycles. The number of nitrogens with two attached hydrogens (primary N) is 1. The number of nitrogens with zero attached hydrogens (tertiary/aromatic N) is 1. The Kier molecular flexibility index (Phi) is 6.05. The summed E-state index contributed by atoms with van der Waals surface area (Å²) in [5, 5.41) is 1.24. The van der Waals surface area contributed by atoms with E-state index in [4.69, 9.17) is 5.73 Å². The zero-order valence-electron chi connectivity index (χ0n) is 12.0. The molecule has 0 heterocycles. The first kappa shape index (κ1) is 16.7. The van der Waals surface area contributed by atoms with Gasteiger partial charge in [0, 0.05) is 0 Å². The summed E-state index contributed by atoms with van der Waals surface area (Å²) in [6.07, 6.45) is 0.993. The minimum atomic E-state index is -1.69. The van der Waals surface area contributed by atoms with Crippen molar-refractivity contribution in [2.24, 2.45) is 5.73 Å². The van der Waals surface area contributed by atoms with Crippen LogP contribution in [0.3, 0.4) is 0 Å². The van der Waals surface area contributed by atoms with Gasteiger partial charge < -0.3 is 0 Å². The first-order valence-electron chi connectivity index (χ1n) is 6.76. The van der Waals surface area contributed by atoms with Crippen molar-refractivity contribution in [3.8, 4) is 0 Å². The molecule has 1 atom stereocenters. The van der Waals surface area contributed by atoms with Crippen molar-refractivity contribution >= 4 is 45.7 Å². The van der Waals surface area contributed by atoms with Crippen LogP contribution in [0.2, 0.25) is 0 Å². The summed E-state index contributed by atoms with van der Waals surface area (Å²) in [4.78, 5) is 0. The molecule has 0 aliphatic rings. The SMILES string of the molecule is C[N+](CCc1ccccc1)=C(N)[P@@](=[Se])([Se-])c1ccccc1. The molecule has 0 fully saturated rings. The van der Waals surface area contributed by atoms with Crippen molar-refractivity contribution in [3.05, 3.63) is 66.2 Å². The quantitative estimate of drug-likeness (QED) is 0.254. The van der Waals surface area contributed by atoms with Gasteiger partial charge in [0.05, 0.1) is 0 Å². The van der Waals surface area contributed by atoms with Crippen molar-refractivity contribution in [2.75, 3.05) is 13.6 Å². The average Bonchev–Trinajstić information content (AvgIpc) is 2.53. The van der Waals surface area contributed by atoms with Gasteiger partial charge in [-0.25, -0.2) is 0 Å². The standard InChI is InChI=1S/C16H19N2PSe2/c1-18(13-12-14-8-4-2-5-9-14)16(17)19(20,21)15-10-6-3-7-11-15/h2-11,17H,12-13H2,1H3,(H,20,21). The molecule has 0 unspecified atom stereocenters. The molecule has 0 amide bonds. The first-order chi connectivity index (χ1) is 10.0. The fourth-order valence-electron chi connectivity index (χ4n) is 2.04. The summed E-state index contributed by atoms with van der Waals surface area (Å²) in [6, 6.07) is 20.9. The second-order valence-corrected chi connectivity index (χ2v) is 17.4. The molecule has 0 bridgehead atoms. The zero-order valence-corrected chi connectivity index (χ0v) is 16.3. The summed E-state index contributed by atoms with van der Waals surface area (Å²) >= 11 is 6.60. The van der Waals surface area contributed by atoms with Gasteiger partial charge in [-0.3, -0.25) is 0 Å². The van der Waals surface area contributed by atoms with Crippen molar-refractivity contribution in [2.45, 2.75) is 6.42 Å². The minimum absolute atomic E-state index is 0.907. The van der Waals surface area contributed by atoms with E-state index in [-0.39, 0.29) is 0 Å². The topological polar surface area (TPSA) is 29.0 Å². The van der Waals surface area contributed by atoms with Crippen molar-refractivity contribution in [1.29, 1.82) is 0 Å². The molecule has 2 rings (SSSR count). The second-order valence-electron chi connectivity index (χ2n) is 4.90. The number of amidine groups is 1. The molecule has 2 nitrogen and oxygen atoms in total. The summed E-state index contributed by atoms with van der Waals surface area (Å²) in [5.41, 5.74) is 8.66. The molecule has 21 heavy (non-hydrogen) atoms. The van der Waals surface area contributed by atoms with Crippen molar-refractivity contribution in [1.82, 2.24) is 0 Å². The fraction of sp³-hybridized carbons (Fsp3) is 0.188. The summed E-state index contributed by atoms with van der Waals surface area (Å²) in [6.45, 7) is 0.911. The van der Waals surface area contributed by atoms with Gasteiger partial charge in [-0.15, -0.1) is 0 Å². The van der Waals surface area contributed by atoms with Crippen LogP contribution in [0.1, 0.15) is 5.56 Å². The Balaban J connectivity index is 2.16. The van der Waals surface area contributed by atoms with E-state index in [2.05, 4.69) is 90.8 Å². The Morgan fingerprint density at radius 2 is 1.62 bits per heavy atom. The molecular weight excluding hydrogens is 409 g/mol. The summed E-state index contributed by atoms with van der Waals surface area (Å²) < 4.78 is 0.461. The normalized spacial score (nSPS) is 15.1. The molecule has 0 aliphatic carbocycles. The number of hydrogen-bond acceptors (Lipinski definition) is 0. The monoisotopic (exact) mass is 430 g/mol. The molecule has 2 aromatic rings. The van der Waals surface area contributed by atoms with Crippen molar-refractivity contribution < 1.29 is 4.58 Å². The molecule has 2 aromatic carbocycles. The molecule has 110 valence electrons.